The van der Waals surface area contributed by atoms with Crippen LogP contribution < -0.4 is 5.73 Å². The number of pyridine rings is 1. The highest BCUT2D eigenvalue weighted by Gasteiger charge is 2.34. The van der Waals surface area contributed by atoms with E-state index in [1.54, 1.807) is 48.7 Å². The summed E-state index contributed by atoms with van der Waals surface area (Å²) in [7, 11) is 0. The molecule has 4 nitrogen and oxygen atoms in total. The Hall–Kier alpha value is -2.97. The summed E-state index contributed by atoms with van der Waals surface area (Å²) >= 11 is 7.09. The third-order valence-electron chi connectivity index (χ3n) is 4.08. The number of halogens is 4. The minimum atomic E-state index is -4.61. The van der Waals surface area contributed by atoms with Gasteiger partial charge < -0.3 is 5.73 Å². The van der Waals surface area contributed by atoms with Gasteiger partial charge in [0, 0.05) is 17.3 Å². The Morgan fingerprint density at radius 1 is 0.897 bits per heavy atom. The molecule has 0 saturated heterocycles. The largest absolute Gasteiger partial charge is 0.433 e. The van der Waals surface area contributed by atoms with Crippen LogP contribution in [0.5, 0.6) is 0 Å². The monoisotopic (exact) mass is 432 g/mol. The van der Waals surface area contributed by atoms with Crippen LogP contribution in [-0.2, 0) is 6.18 Å². The fraction of sp³-hybridized carbons (Fsp3) is 0.0500. The Labute approximate surface area is 172 Å². The summed E-state index contributed by atoms with van der Waals surface area (Å²) in [6.45, 7) is 0. The van der Waals surface area contributed by atoms with Gasteiger partial charge in [-0.3, -0.25) is 0 Å². The molecule has 0 spiro atoms. The second-order valence-corrected chi connectivity index (χ2v) is 7.83. The van der Waals surface area contributed by atoms with Crippen molar-refractivity contribution >= 4 is 28.8 Å². The summed E-state index contributed by atoms with van der Waals surface area (Å²) in [5, 5.41) is 0. The minimum absolute atomic E-state index is 0.0235. The number of thiophene rings is 1. The summed E-state index contributed by atoms with van der Waals surface area (Å²) in [5.74, 6) is 0.356. The smallest absolute Gasteiger partial charge is 0.384 e. The lowest BCUT2D eigenvalue weighted by molar-refractivity contribution is -0.141. The van der Waals surface area contributed by atoms with Crippen LogP contribution in [0.15, 0.2) is 60.8 Å². The van der Waals surface area contributed by atoms with Crippen LogP contribution in [0.1, 0.15) is 5.69 Å². The average molecular weight is 433 g/mol. The molecule has 1 aromatic carbocycles. The van der Waals surface area contributed by atoms with Crippen molar-refractivity contribution in [1.29, 1.82) is 0 Å². The van der Waals surface area contributed by atoms with Crippen molar-refractivity contribution in [2.75, 3.05) is 5.73 Å². The molecule has 0 saturated carbocycles. The highest BCUT2D eigenvalue weighted by molar-refractivity contribution is 7.19. The Bertz CT molecular complexity index is 1170. The molecule has 0 radical (unpaired) electrons. The van der Waals surface area contributed by atoms with E-state index in [1.165, 1.54) is 0 Å². The third kappa shape index (κ3) is 4.23. The quantitative estimate of drug-likeness (QED) is 0.419. The summed E-state index contributed by atoms with van der Waals surface area (Å²) in [6.07, 6.45) is -3.01. The van der Waals surface area contributed by atoms with Crippen molar-refractivity contribution < 1.29 is 13.2 Å². The van der Waals surface area contributed by atoms with Gasteiger partial charge in [-0.05, 0) is 42.0 Å². The van der Waals surface area contributed by atoms with Gasteiger partial charge >= 0.3 is 6.18 Å². The van der Waals surface area contributed by atoms with Gasteiger partial charge in [-0.25, -0.2) is 15.0 Å². The molecule has 0 unspecified atom stereocenters. The highest BCUT2D eigenvalue weighted by atomic mass is 35.5. The van der Waals surface area contributed by atoms with Crippen LogP contribution in [0.4, 0.5) is 19.0 Å². The number of anilines is 1. The molecular formula is C20H12ClF3N4S. The molecule has 3 aromatic heterocycles. The van der Waals surface area contributed by atoms with E-state index in [0.29, 0.717) is 20.6 Å². The second kappa shape index (κ2) is 7.46. The third-order valence-corrected chi connectivity index (χ3v) is 5.34. The van der Waals surface area contributed by atoms with E-state index < -0.39 is 11.9 Å². The van der Waals surface area contributed by atoms with Gasteiger partial charge in [-0.15, -0.1) is 11.3 Å². The van der Waals surface area contributed by atoms with Crippen LogP contribution >= 0.6 is 22.9 Å². The first-order valence-electron chi connectivity index (χ1n) is 8.34. The second-order valence-electron chi connectivity index (χ2n) is 6.12. The van der Waals surface area contributed by atoms with Gasteiger partial charge in [-0.1, -0.05) is 29.8 Å². The van der Waals surface area contributed by atoms with Gasteiger partial charge in [0.1, 0.15) is 11.5 Å². The van der Waals surface area contributed by atoms with E-state index in [9.17, 15) is 13.2 Å². The zero-order valence-corrected chi connectivity index (χ0v) is 16.2. The standard InChI is InChI=1S/C20H12ClF3N4S/c21-17-6-5-15(29-17)14-9-16(20(22,23)24)28-19(27-14)12-3-1-2-11(8-12)13-4-7-18(25)26-10-13/h1-10H,(H2,25,26). The molecule has 0 aliphatic carbocycles. The lowest BCUT2D eigenvalue weighted by atomic mass is 10.0. The Kier molecular flexibility index (Phi) is 4.97. The number of benzene rings is 1. The maximum atomic E-state index is 13.4. The molecular weight excluding hydrogens is 421 g/mol. The van der Waals surface area contributed by atoms with Crippen LogP contribution in [0.25, 0.3) is 33.1 Å². The van der Waals surface area contributed by atoms with E-state index >= 15 is 0 Å². The summed E-state index contributed by atoms with van der Waals surface area (Å²) < 4.78 is 40.8. The molecule has 0 amide bonds. The first-order valence-corrected chi connectivity index (χ1v) is 9.53. The van der Waals surface area contributed by atoms with E-state index in [4.69, 9.17) is 17.3 Å². The first kappa shape index (κ1) is 19.4. The molecule has 4 aromatic rings. The fourth-order valence-electron chi connectivity index (χ4n) is 2.71. The number of hydrogen-bond donors (Lipinski definition) is 1. The molecule has 0 aliphatic heterocycles. The summed E-state index contributed by atoms with van der Waals surface area (Å²) in [6, 6.07) is 14.6. The first-order chi connectivity index (χ1) is 13.8. The van der Waals surface area contributed by atoms with Gasteiger partial charge in [-0.2, -0.15) is 13.2 Å². The van der Waals surface area contributed by atoms with Crippen molar-refractivity contribution in [3.05, 3.63) is 70.8 Å². The van der Waals surface area contributed by atoms with Gasteiger partial charge in [0.05, 0.1) is 14.9 Å². The van der Waals surface area contributed by atoms with E-state index in [1.807, 2.05) is 6.07 Å². The zero-order valence-electron chi connectivity index (χ0n) is 14.6. The van der Waals surface area contributed by atoms with Crippen molar-refractivity contribution in [2.45, 2.75) is 6.18 Å². The molecule has 0 fully saturated rings. The number of alkyl halides is 3. The molecule has 0 atom stereocenters. The number of nitrogens with two attached hydrogens (primary N) is 1. The molecule has 0 aliphatic rings. The molecule has 3 heterocycles. The van der Waals surface area contributed by atoms with E-state index in [-0.39, 0.29) is 11.5 Å². The van der Waals surface area contributed by atoms with Crippen LogP contribution in [-0.4, -0.2) is 15.0 Å². The maximum absolute atomic E-state index is 13.4. The van der Waals surface area contributed by atoms with Crippen molar-refractivity contribution in [1.82, 2.24) is 15.0 Å². The number of hydrogen-bond acceptors (Lipinski definition) is 5. The molecule has 4 rings (SSSR count). The summed E-state index contributed by atoms with van der Waals surface area (Å²) in [5.41, 5.74) is 6.75. The lowest BCUT2D eigenvalue weighted by Crippen LogP contribution is -2.10. The number of nitrogens with zero attached hydrogens (tertiary/aromatic N) is 3. The van der Waals surface area contributed by atoms with Crippen LogP contribution in [0.2, 0.25) is 4.34 Å². The molecule has 9 heteroatoms. The van der Waals surface area contributed by atoms with E-state index in [2.05, 4.69) is 15.0 Å². The molecule has 2 N–H and O–H groups in total. The van der Waals surface area contributed by atoms with Crippen molar-refractivity contribution in [2.24, 2.45) is 0 Å². The average Bonchev–Trinajstić information content (AvgIpc) is 3.14. The predicted octanol–water partition coefficient (Wildman–Crippen LogP) is 6.19. The fourth-order valence-corrected chi connectivity index (χ4v) is 3.72. The minimum Gasteiger partial charge on any atom is -0.384 e. The maximum Gasteiger partial charge on any atom is 0.433 e. The number of rotatable bonds is 3. The SMILES string of the molecule is Nc1ccc(-c2cccc(-c3nc(-c4ccc(Cl)s4)cc(C(F)(F)F)n3)c2)cn1. The van der Waals surface area contributed by atoms with E-state index in [0.717, 1.165) is 28.5 Å². The van der Waals surface area contributed by atoms with Crippen molar-refractivity contribution in [3.8, 4) is 33.1 Å². The predicted molar refractivity (Wildman–Crippen MR) is 108 cm³/mol. The molecule has 146 valence electrons. The Morgan fingerprint density at radius 2 is 1.69 bits per heavy atom. The normalized spacial score (nSPS) is 11.6. The van der Waals surface area contributed by atoms with Crippen molar-refractivity contribution in [3.63, 3.8) is 0 Å². The summed E-state index contributed by atoms with van der Waals surface area (Å²) in [4.78, 5) is 12.7. The highest BCUT2D eigenvalue weighted by Crippen LogP contribution is 2.36. The van der Waals surface area contributed by atoms with Crippen LogP contribution in [0, 0.1) is 0 Å². The number of aromatic nitrogens is 3. The Morgan fingerprint density at radius 3 is 2.34 bits per heavy atom. The topological polar surface area (TPSA) is 64.7 Å². The number of nitrogen functional groups attached to an aromatic ring is 1. The Balaban J connectivity index is 1.84. The zero-order chi connectivity index (χ0) is 20.6. The lowest BCUT2D eigenvalue weighted by Gasteiger charge is -2.11. The van der Waals surface area contributed by atoms with Gasteiger partial charge in [0.25, 0.3) is 0 Å². The van der Waals surface area contributed by atoms with Crippen LogP contribution in [0.3, 0.4) is 0 Å². The van der Waals surface area contributed by atoms with Gasteiger partial charge in [0.15, 0.2) is 5.82 Å². The molecule has 29 heavy (non-hydrogen) atoms. The van der Waals surface area contributed by atoms with Gasteiger partial charge in [0.2, 0.25) is 0 Å². The molecule has 0 bridgehead atoms.